The number of aryl methyl sites for hydroxylation is 1. The van der Waals surface area contributed by atoms with E-state index < -0.39 is 16.1 Å². The van der Waals surface area contributed by atoms with Gasteiger partial charge >= 0.3 is 0 Å². The highest BCUT2D eigenvalue weighted by Gasteiger charge is 2.26. The van der Waals surface area contributed by atoms with Crippen molar-refractivity contribution in [2.75, 3.05) is 0 Å². The van der Waals surface area contributed by atoms with Crippen molar-refractivity contribution in [1.29, 1.82) is 0 Å². The molecule has 3 aromatic rings. The van der Waals surface area contributed by atoms with Gasteiger partial charge in [0.15, 0.2) is 0 Å². The first-order valence-corrected chi connectivity index (χ1v) is 11.0. The molecule has 0 fully saturated rings. The van der Waals surface area contributed by atoms with Crippen molar-refractivity contribution in [3.63, 3.8) is 0 Å². The molecule has 2 N–H and O–H groups in total. The number of sulfonamides is 1. The van der Waals surface area contributed by atoms with Gasteiger partial charge in [-0.1, -0.05) is 23.7 Å². The fraction of sp³-hybridized carbons (Fsp3) is 0.222. The normalized spacial score (nSPS) is 12.7. The second kappa shape index (κ2) is 8.44. The number of aromatic nitrogens is 2. The van der Waals surface area contributed by atoms with E-state index in [1.807, 2.05) is 0 Å². The fourth-order valence-corrected chi connectivity index (χ4v) is 5.22. The number of carbonyl (C=O) groups excluding carboxylic acids is 1. The van der Waals surface area contributed by atoms with E-state index in [1.165, 1.54) is 13.0 Å². The van der Waals surface area contributed by atoms with E-state index in [4.69, 9.17) is 11.6 Å². The Kier molecular flexibility index (Phi) is 6.19. The minimum Gasteiger partial charge on any atom is -0.351 e. The Morgan fingerprint density at radius 2 is 1.96 bits per heavy atom. The molecule has 28 heavy (non-hydrogen) atoms. The lowest BCUT2D eigenvalue weighted by molar-refractivity contribution is -0.119. The van der Waals surface area contributed by atoms with E-state index in [1.54, 1.807) is 54.3 Å². The molecule has 0 unspecified atom stereocenters. The molecular formula is C18H19ClN4O3S2. The minimum atomic E-state index is -3.81. The standard InChI is InChI=1S/C18H19ClN4O3S2/c1-12(24)21-11-15-7-8-16(27-15)28(25,26)22-17(18-20-9-10-23(18)2)13-3-5-14(19)6-4-13/h3-10,17,22H,11H2,1-2H3,(H,21,24)/t17-/m0/s1. The SMILES string of the molecule is CC(=O)NCc1ccc(S(=O)(=O)N[C@@H](c2ccc(Cl)cc2)c2nccn2C)s1. The summed E-state index contributed by atoms with van der Waals surface area (Å²) >= 11 is 7.08. The van der Waals surface area contributed by atoms with Crippen LogP contribution in [0.2, 0.25) is 5.02 Å². The molecule has 7 nitrogen and oxygen atoms in total. The number of hydrogen-bond acceptors (Lipinski definition) is 5. The van der Waals surface area contributed by atoms with Crippen LogP contribution < -0.4 is 10.0 Å². The quantitative estimate of drug-likeness (QED) is 0.593. The number of benzene rings is 1. The Morgan fingerprint density at radius 3 is 2.57 bits per heavy atom. The van der Waals surface area contributed by atoms with Gasteiger partial charge in [-0.25, -0.2) is 13.4 Å². The summed E-state index contributed by atoms with van der Waals surface area (Å²) in [6.07, 6.45) is 3.37. The lowest BCUT2D eigenvalue weighted by Crippen LogP contribution is -2.30. The van der Waals surface area contributed by atoms with E-state index in [0.717, 1.165) is 21.8 Å². The molecule has 0 radical (unpaired) electrons. The molecule has 10 heteroatoms. The molecule has 0 aliphatic rings. The van der Waals surface area contributed by atoms with Crippen LogP contribution in [-0.4, -0.2) is 23.9 Å². The maximum Gasteiger partial charge on any atom is 0.251 e. The van der Waals surface area contributed by atoms with Gasteiger partial charge < -0.3 is 9.88 Å². The monoisotopic (exact) mass is 438 g/mol. The van der Waals surface area contributed by atoms with Crippen molar-refractivity contribution < 1.29 is 13.2 Å². The molecule has 2 heterocycles. The molecule has 0 bridgehead atoms. The third kappa shape index (κ3) is 4.79. The van der Waals surface area contributed by atoms with Crippen LogP contribution in [0.5, 0.6) is 0 Å². The van der Waals surface area contributed by atoms with Crippen molar-refractivity contribution >= 4 is 38.9 Å². The lowest BCUT2D eigenvalue weighted by atomic mass is 10.1. The Labute approximate surface area is 172 Å². The number of nitrogens with one attached hydrogen (secondary N) is 2. The van der Waals surface area contributed by atoms with Crippen LogP contribution in [0, 0.1) is 0 Å². The topological polar surface area (TPSA) is 93.1 Å². The van der Waals surface area contributed by atoms with Gasteiger partial charge in [0.25, 0.3) is 10.0 Å². The summed E-state index contributed by atoms with van der Waals surface area (Å²) in [6.45, 7) is 1.70. The molecule has 1 amide bonds. The largest absolute Gasteiger partial charge is 0.351 e. The van der Waals surface area contributed by atoms with Crippen LogP contribution in [0.3, 0.4) is 0 Å². The van der Waals surface area contributed by atoms with Gasteiger partial charge in [0, 0.05) is 36.3 Å². The smallest absolute Gasteiger partial charge is 0.251 e. The number of carbonyl (C=O) groups is 1. The first kappa shape index (κ1) is 20.5. The van der Waals surface area contributed by atoms with E-state index in [-0.39, 0.29) is 16.7 Å². The van der Waals surface area contributed by atoms with Crippen molar-refractivity contribution in [3.8, 4) is 0 Å². The Morgan fingerprint density at radius 1 is 1.25 bits per heavy atom. The van der Waals surface area contributed by atoms with Crippen LogP contribution in [0.4, 0.5) is 0 Å². The van der Waals surface area contributed by atoms with Gasteiger partial charge in [0.05, 0.1) is 6.54 Å². The number of thiophene rings is 1. The molecule has 3 rings (SSSR count). The van der Waals surface area contributed by atoms with E-state index in [2.05, 4.69) is 15.0 Å². The van der Waals surface area contributed by atoms with Crippen molar-refractivity contribution in [3.05, 3.63) is 70.1 Å². The molecule has 0 aliphatic heterocycles. The second-order valence-electron chi connectivity index (χ2n) is 6.13. The number of hydrogen-bond donors (Lipinski definition) is 2. The summed E-state index contributed by atoms with van der Waals surface area (Å²) in [5, 5.41) is 3.22. The van der Waals surface area contributed by atoms with Gasteiger partial charge in [-0.05, 0) is 29.8 Å². The highest BCUT2D eigenvalue weighted by atomic mass is 35.5. The number of halogens is 1. The average molecular weight is 439 g/mol. The minimum absolute atomic E-state index is 0.168. The Balaban J connectivity index is 1.90. The van der Waals surface area contributed by atoms with Gasteiger partial charge in [0.1, 0.15) is 16.1 Å². The summed E-state index contributed by atoms with van der Waals surface area (Å²) in [4.78, 5) is 16.1. The highest BCUT2D eigenvalue weighted by molar-refractivity contribution is 7.91. The summed E-state index contributed by atoms with van der Waals surface area (Å²) < 4.78 is 30.6. The number of amides is 1. The number of nitrogens with zero attached hydrogens (tertiary/aromatic N) is 2. The van der Waals surface area contributed by atoms with E-state index >= 15 is 0 Å². The summed E-state index contributed by atoms with van der Waals surface area (Å²) in [5.41, 5.74) is 0.720. The van der Waals surface area contributed by atoms with Crippen LogP contribution >= 0.6 is 22.9 Å². The van der Waals surface area contributed by atoms with Crippen LogP contribution in [0.15, 0.2) is 53.0 Å². The average Bonchev–Trinajstić information content (AvgIpc) is 3.28. The van der Waals surface area contributed by atoms with Gasteiger partial charge in [-0.2, -0.15) is 4.72 Å². The van der Waals surface area contributed by atoms with Gasteiger partial charge in [-0.3, -0.25) is 4.79 Å². The zero-order chi connectivity index (χ0) is 20.3. The molecular weight excluding hydrogens is 420 g/mol. The third-order valence-electron chi connectivity index (χ3n) is 4.01. The van der Waals surface area contributed by atoms with Gasteiger partial charge in [-0.15, -0.1) is 11.3 Å². The predicted molar refractivity (Wildman–Crippen MR) is 109 cm³/mol. The van der Waals surface area contributed by atoms with Crippen LogP contribution in [0.1, 0.15) is 29.2 Å². The maximum atomic E-state index is 13.0. The van der Waals surface area contributed by atoms with Crippen molar-refractivity contribution in [1.82, 2.24) is 19.6 Å². The fourth-order valence-electron chi connectivity index (χ4n) is 2.60. The number of imidazole rings is 1. The predicted octanol–water partition coefficient (Wildman–Crippen LogP) is 2.84. The zero-order valence-electron chi connectivity index (χ0n) is 15.2. The molecule has 148 valence electrons. The zero-order valence-corrected chi connectivity index (χ0v) is 17.6. The lowest BCUT2D eigenvalue weighted by Gasteiger charge is -2.19. The van der Waals surface area contributed by atoms with Crippen LogP contribution in [-0.2, 0) is 28.4 Å². The first-order valence-electron chi connectivity index (χ1n) is 8.34. The Hall–Kier alpha value is -2.20. The van der Waals surface area contributed by atoms with Crippen LogP contribution in [0.25, 0.3) is 0 Å². The molecule has 0 spiro atoms. The number of rotatable bonds is 7. The molecule has 0 saturated carbocycles. The van der Waals surface area contributed by atoms with Gasteiger partial charge in [0.2, 0.25) is 5.91 Å². The van der Waals surface area contributed by atoms with Crippen molar-refractivity contribution in [2.45, 2.75) is 23.7 Å². The highest BCUT2D eigenvalue weighted by Crippen LogP contribution is 2.27. The maximum absolute atomic E-state index is 13.0. The summed E-state index contributed by atoms with van der Waals surface area (Å²) in [5.74, 6) is 0.384. The second-order valence-corrected chi connectivity index (χ2v) is 9.68. The van der Waals surface area contributed by atoms with E-state index in [0.29, 0.717) is 10.8 Å². The molecule has 1 aromatic carbocycles. The van der Waals surface area contributed by atoms with Crippen molar-refractivity contribution in [2.24, 2.45) is 7.05 Å². The van der Waals surface area contributed by atoms with E-state index in [9.17, 15) is 13.2 Å². The molecule has 1 atom stereocenters. The summed E-state index contributed by atoms with van der Waals surface area (Å²) in [6, 6.07) is 9.48. The molecule has 2 aromatic heterocycles. The first-order chi connectivity index (χ1) is 13.3. The summed E-state index contributed by atoms with van der Waals surface area (Å²) in [7, 11) is -2.01. The molecule has 0 aliphatic carbocycles. The third-order valence-corrected chi connectivity index (χ3v) is 7.26. The Bertz CT molecular complexity index is 1070. The molecule has 0 saturated heterocycles.